The molecule has 0 atom stereocenters. The highest BCUT2D eigenvalue weighted by molar-refractivity contribution is 6.54. The predicted molar refractivity (Wildman–Crippen MR) is 107 cm³/mol. The zero-order valence-electron chi connectivity index (χ0n) is 14.5. The normalized spacial score (nSPS) is 14.6. The molecule has 0 fully saturated rings. The van der Waals surface area contributed by atoms with E-state index in [1.54, 1.807) is 23.1 Å². The Kier molecular flexibility index (Phi) is 4.65. The van der Waals surface area contributed by atoms with Gasteiger partial charge < -0.3 is 10.1 Å². The fraction of sp³-hybridized carbons (Fsp3) is 0.0909. The van der Waals surface area contributed by atoms with Crippen LogP contribution in [0, 0.1) is 0 Å². The molecule has 0 aromatic heterocycles. The molecular weight excluding hydrogens is 360 g/mol. The van der Waals surface area contributed by atoms with Crippen molar-refractivity contribution in [2.75, 3.05) is 4.90 Å². The number of anilines is 1. The summed E-state index contributed by atoms with van der Waals surface area (Å²) in [7, 11) is 0. The molecule has 3 aromatic rings. The van der Waals surface area contributed by atoms with Crippen LogP contribution in [0.5, 0.6) is 0 Å². The monoisotopic (exact) mass is 376 g/mol. The molecule has 0 saturated carbocycles. The third kappa shape index (κ3) is 3.44. The Labute approximate surface area is 162 Å². The van der Waals surface area contributed by atoms with Gasteiger partial charge in [-0.3, -0.25) is 4.79 Å². The van der Waals surface area contributed by atoms with Gasteiger partial charge in [-0.05, 0) is 41.3 Å². The molecule has 0 aliphatic carbocycles. The lowest BCUT2D eigenvalue weighted by atomic mass is 10.0. The van der Waals surface area contributed by atoms with E-state index in [1.165, 1.54) is 11.1 Å². The van der Waals surface area contributed by atoms with Gasteiger partial charge in [-0.1, -0.05) is 71.4 Å². The summed E-state index contributed by atoms with van der Waals surface area (Å²) in [5.41, 5.74) is 4.70. The highest BCUT2D eigenvalue weighted by Gasteiger charge is 2.34. The minimum Gasteiger partial charge on any atom is -0.410 e. The number of benzene rings is 3. The first-order valence-electron chi connectivity index (χ1n) is 8.61. The van der Waals surface area contributed by atoms with Crippen LogP contribution in [0.15, 0.2) is 78.0 Å². The molecule has 0 radical (unpaired) electrons. The van der Waals surface area contributed by atoms with Gasteiger partial charge in [-0.25, -0.2) is 0 Å². The fourth-order valence-corrected chi connectivity index (χ4v) is 3.56. The van der Waals surface area contributed by atoms with Crippen LogP contribution < -0.4 is 4.90 Å². The molecule has 0 unspecified atom stereocenters. The van der Waals surface area contributed by atoms with Crippen LogP contribution in [0.1, 0.15) is 22.3 Å². The van der Waals surface area contributed by atoms with Crippen molar-refractivity contribution in [1.82, 2.24) is 0 Å². The molecule has 134 valence electrons. The van der Waals surface area contributed by atoms with E-state index in [1.807, 2.05) is 30.3 Å². The molecule has 5 heteroatoms. The number of amides is 1. The lowest BCUT2D eigenvalue weighted by molar-refractivity contribution is -0.112. The number of fused-ring (bicyclic) bond motifs is 1. The minimum atomic E-state index is -0.330. The summed E-state index contributed by atoms with van der Waals surface area (Å²) < 4.78 is 0. The minimum absolute atomic E-state index is 0.0212. The van der Waals surface area contributed by atoms with E-state index in [-0.39, 0.29) is 11.6 Å². The number of carbonyl (C=O) groups excluding carboxylic acids is 1. The van der Waals surface area contributed by atoms with Crippen LogP contribution in [0.2, 0.25) is 5.02 Å². The summed E-state index contributed by atoms with van der Waals surface area (Å²) >= 11 is 6.03. The molecule has 4 rings (SSSR count). The molecule has 0 bridgehead atoms. The zero-order chi connectivity index (χ0) is 18.8. The molecule has 3 aromatic carbocycles. The van der Waals surface area contributed by atoms with E-state index in [9.17, 15) is 10.0 Å². The Balaban J connectivity index is 1.61. The van der Waals surface area contributed by atoms with Crippen LogP contribution in [-0.2, 0) is 17.8 Å². The molecular formula is C22H17ClN2O2. The standard InChI is InChI=1S/C22H17ClN2O2/c23-18-9-10-20-19(13-18)21(24-27)22(26)25(20)14-17-8-4-7-16(12-17)11-15-5-2-1-3-6-15/h1-10,12-13,27H,11,14H2/b24-21-. The third-order valence-corrected chi connectivity index (χ3v) is 4.87. The van der Waals surface area contributed by atoms with E-state index in [4.69, 9.17) is 11.6 Å². The second-order valence-electron chi connectivity index (χ2n) is 6.48. The number of rotatable bonds is 4. The van der Waals surface area contributed by atoms with E-state index in [0.717, 1.165) is 12.0 Å². The van der Waals surface area contributed by atoms with Crippen LogP contribution in [0.3, 0.4) is 0 Å². The van der Waals surface area contributed by atoms with E-state index < -0.39 is 0 Å². The molecule has 0 saturated heterocycles. The number of oxime groups is 1. The maximum Gasteiger partial charge on any atom is 0.281 e. The quantitative estimate of drug-likeness (QED) is 0.532. The average molecular weight is 377 g/mol. The first-order valence-corrected chi connectivity index (χ1v) is 8.99. The second-order valence-corrected chi connectivity index (χ2v) is 6.92. The van der Waals surface area contributed by atoms with Crippen molar-refractivity contribution in [1.29, 1.82) is 0 Å². The van der Waals surface area contributed by atoms with Gasteiger partial charge in [0.2, 0.25) is 0 Å². The zero-order valence-corrected chi connectivity index (χ0v) is 15.2. The third-order valence-electron chi connectivity index (χ3n) is 4.64. The van der Waals surface area contributed by atoms with Crippen LogP contribution in [-0.4, -0.2) is 16.8 Å². The van der Waals surface area contributed by atoms with Gasteiger partial charge in [0, 0.05) is 10.6 Å². The van der Waals surface area contributed by atoms with Crippen molar-refractivity contribution in [3.05, 3.63) is 100 Å². The Morgan fingerprint density at radius 3 is 2.41 bits per heavy atom. The Morgan fingerprint density at radius 1 is 0.889 bits per heavy atom. The Morgan fingerprint density at radius 2 is 1.63 bits per heavy atom. The maximum absolute atomic E-state index is 12.7. The summed E-state index contributed by atoms with van der Waals surface area (Å²) in [6.45, 7) is 0.398. The smallest absolute Gasteiger partial charge is 0.281 e. The van der Waals surface area contributed by atoms with Crippen LogP contribution in [0.25, 0.3) is 0 Å². The molecule has 1 aliphatic heterocycles. The Bertz CT molecular complexity index is 1030. The molecule has 1 aliphatic rings. The SMILES string of the molecule is O=C1/C(=N\O)c2cc(Cl)ccc2N1Cc1cccc(Cc2ccccc2)c1. The lowest BCUT2D eigenvalue weighted by Gasteiger charge is -2.17. The average Bonchev–Trinajstić information content (AvgIpc) is 2.93. The maximum atomic E-state index is 12.7. The van der Waals surface area contributed by atoms with Crippen molar-refractivity contribution in [2.45, 2.75) is 13.0 Å². The van der Waals surface area contributed by atoms with Gasteiger partial charge in [0.1, 0.15) is 0 Å². The summed E-state index contributed by atoms with van der Waals surface area (Å²) in [6, 6.07) is 23.6. The van der Waals surface area contributed by atoms with Crippen molar-refractivity contribution in [3.8, 4) is 0 Å². The van der Waals surface area contributed by atoms with Crippen molar-refractivity contribution in [2.24, 2.45) is 5.16 Å². The van der Waals surface area contributed by atoms with Crippen LogP contribution in [0.4, 0.5) is 5.69 Å². The summed E-state index contributed by atoms with van der Waals surface area (Å²) in [4.78, 5) is 14.3. The molecule has 27 heavy (non-hydrogen) atoms. The van der Waals surface area contributed by atoms with Gasteiger partial charge in [-0.2, -0.15) is 0 Å². The number of hydrogen-bond acceptors (Lipinski definition) is 3. The molecule has 1 heterocycles. The number of hydrogen-bond donors (Lipinski definition) is 1. The summed E-state index contributed by atoms with van der Waals surface area (Å²) in [6.07, 6.45) is 0.832. The van der Waals surface area contributed by atoms with Gasteiger partial charge in [-0.15, -0.1) is 0 Å². The number of carbonyl (C=O) groups is 1. The molecule has 1 amide bonds. The molecule has 0 spiro atoms. The van der Waals surface area contributed by atoms with Gasteiger partial charge >= 0.3 is 0 Å². The number of nitrogens with zero attached hydrogens (tertiary/aromatic N) is 2. The highest BCUT2D eigenvalue weighted by Crippen LogP contribution is 2.33. The Hall–Kier alpha value is -3.11. The van der Waals surface area contributed by atoms with Gasteiger partial charge in [0.15, 0.2) is 5.71 Å². The largest absolute Gasteiger partial charge is 0.410 e. The fourth-order valence-electron chi connectivity index (χ4n) is 3.39. The summed E-state index contributed by atoms with van der Waals surface area (Å²) in [5, 5.41) is 12.9. The van der Waals surface area contributed by atoms with E-state index in [2.05, 4.69) is 29.4 Å². The first kappa shape index (κ1) is 17.3. The van der Waals surface area contributed by atoms with Crippen LogP contribution >= 0.6 is 11.6 Å². The van der Waals surface area contributed by atoms with Gasteiger partial charge in [0.25, 0.3) is 5.91 Å². The number of halogens is 1. The topological polar surface area (TPSA) is 52.9 Å². The van der Waals surface area contributed by atoms with Crippen molar-refractivity contribution >= 4 is 28.9 Å². The van der Waals surface area contributed by atoms with Gasteiger partial charge in [0.05, 0.1) is 12.2 Å². The second kappa shape index (κ2) is 7.25. The first-order chi connectivity index (χ1) is 13.2. The van der Waals surface area contributed by atoms with E-state index in [0.29, 0.717) is 22.8 Å². The van der Waals surface area contributed by atoms with E-state index >= 15 is 0 Å². The van der Waals surface area contributed by atoms with Crippen molar-refractivity contribution < 1.29 is 10.0 Å². The molecule has 4 nitrogen and oxygen atoms in total. The lowest BCUT2D eigenvalue weighted by Crippen LogP contribution is -2.29. The summed E-state index contributed by atoms with van der Waals surface area (Å²) in [5.74, 6) is -0.330. The van der Waals surface area contributed by atoms with Crippen molar-refractivity contribution in [3.63, 3.8) is 0 Å². The predicted octanol–water partition coefficient (Wildman–Crippen LogP) is 4.66. The molecule has 1 N–H and O–H groups in total. The highest BCUT2D eigenvalue weighted by atomic mass is 35.5.